The van der Waals surface area contributed by atoms with Crippen LogP contribution in [-0.2, 0) is 11.8 Å². The van der Waals surface area contributed by atoms with E-state index in [0.717, 1.165) is 22.9 Å². The van der Waals surface area contributed by atoms with E-state index >= 15 is 0 Å². The van der Waals surface area contributed by atoms with Crippen LogP contribution in [0.15, 0.2) is 18.2 Å². The first-order valence-corrected chi connectivity index (χ1v) is 8.70. The Balaban J connectivity index is 1.90. The quantitative estimate of drug-likeness (QED) is 0.796. The summed E-state index contributed by atoms with van der Waals surface area (Å²) in [4.78, 5) is 11.6. The normalized spacial score (nSPS) is 35.4. The number of hydrogen-bond donors (Lipinski definition) is 1. The Morgan fingerprint density at radius 3 is 2.86 bits per heavy atom. The lowest BCUT2D eigenvalue weighted by atomic mass is 9.52. The van der Waals surface area contributed by atoms with Crippen LogP contribution in [0.1, 0.15) is 53.6 Å². The summed E-state index contributed by atoms with van der Waals surface area (Å²) < 4.78 is 1.16. The van der Waals surface area contributed by atoms with Crippen molar-refractivity contribution in [3.63, 3.8) is 0 Å². The summed E-state index contributed by atoms with van der Waals surface area (Å²) in [5.74, 6) is 0.487. The topological polar surface area (TPSA) is 43.1 Å². The Labute approximate surface area is 133 Å². The summed E-state index contributed by atoms with van der Waals surface area (Å²) >= 11 is 0. The van der Waals surface area contributed by atoms with E-state index in [1.54, 1.807) is 0 Å². The predicted molar refractivity (Wildman–Crippen MR) is 87.7 cm³/mol. The molecule has 0 aromatic heterocycles. The number of primary amides is 1. The molecule has 1 aliphatic heterocycles. The minimum Gasteiger partial charge on any atom is -0.366 e. The van der Waals surface area contributed by atoms with Crippen LogP contribution in [0.5, 0.6) is 0 Å². The highest BCUT2D eigenvalue weighted by Crippen LogP contribution is 2.56. The van der Waals surface area contributed by atoms with Gasteiger partial charge < -0.3 is 10.2 Å². The molecule has 1 aromatic rings. The maximum absolute atomic E-state index is 11.6. The molecule has 2 unspecified atom stereocenters. The number of nitrogens with two attached hydrogens (primary N) is 1. The van der Waals surface area contributed by atoms with Crippen molar-refractivity contribution in [1.82, 2.24) is 0 Å². The SMILES string of the molecule is C[N+]1(C)CCC23CCCC[C@H]2C1Cc1ccc(C(N)=O)cc13. The highest BCUT2D eigenvalue weighted by Gasteiger charge is 2.57. The van der Waals surface area contributed by atoms with Crippen LogP contribution in [-0.4, -0.2) is 37.1 Å². The van der Waals surface area contributed by atoms with E-state index in [2.05, 4.69) is 26.2 Å². The molecule has 3 atom stereocenters. The third-order valence-corrected chi connectivity index (χ3v) is 6.95. The molecule has 4 rings (SSSR count). The van der Waals surface area contributed by atoms with E-state index in [0.29, 0.717) is 11.0 Å². The number of carbonyl (C=O) groups is 1. The Morgan fingerprint density at radius 2 is 2.09 bits per heavy atom. The van der Waals surface area contributed by atoms with Crippen molar-refractivity contribution in [2.45, 2.75) is 50.0 Å². The average Bonchev–Trinajstić information content (AvgIpc) is 2.51. The Hall–Kier alpha value is -1.35. The first kappa shape index (κ1) is 14.3. The van der Waals surface area contributed by atoms with Crippen LogP contribution in [0.2, 0.25) is 0 Å². The number of piperidine rings is 1. The number of quaternary nitrogens is 1. The van der Waals surface area contributed by atoms with Crippen molar-refractivity contribution in [2.75, 3.05) is 20.6 Å². The molecule has 2 aliphatic carbocycles. The summed E-state index contributed by atoms with van der Waals surface area (Å²) in [6.45, 7) is 1.25. The van der Waals surface area contributed by atoms with E-state index < -0.39 is 0 Å². The van der Waals surface area contributed by atoms with Gasteiger partial charge >= 0.3 is 0 Å². The van der Waals surface area contributed by atoms with E-state index in [4.69, 9.17) is 5.73 Å². The predicted octanol–water partition coefficient (Wildman–Crippen LogP) is 2.62. The lowest BCUT2D eigenvalue weighted by Gasteiger charge is -2.60. The number of likely N-dealkylation sites (tertiary alicyclic amines) is 1. The maximum Gasteiger partial charge on any atom is 0.248 e. The smallest absolute Gasteiger partial charge is 0.248 e. The standard InChI is InChI=1S/C19H26N2O/c1-21(2)10-9-19-8-4-3-5-15(19)17(21)12-13-6-7-14(18(20)22)11-16(13)19/h6-7,11,15,17H,3-5,8-10,12H2,1-2H3,(H-,20,22)/p+1/t15-,17?,19?/m0/s1. The fourth-order valence-corrected chi connectivity index (χ4v) is 5.73. The van der Waals surface area contributed by atoms with Gasteiger partial charge in [-0.05, 0) is 36.1 Å². The number of benzene rings is 1. The molecule has 22 heavy (non-hydrogen) atoms. The number of fused-ring (bicyclic) bond motifs is 1. The molecule has 1 aromatic carbocycles. The van der Waals surface area contributed by atoms with E-state index in [-0.39, 0.29) is 5.91 Å². The zero-order valence-electron chi connectivity index (χ0n) is 13.8. The second kappa shape index (κ2) is 4.58. The minimum atomic E-state index is -0.291. The van der Waals surface area contributed by atoms with Gasteiger partial charge in [-0.25, -0.2) is 0 Å². The number of rotatable bonds is 1. The Bertz CT molecular complexity index is 636. The van der Waals surface area contributed by atoms with Crippen LogP contribution in [0.3, 0.4) is 0 Å². The molecule has 1 heterocycles. The first-order chi connectivity index (χ1) is 10.4. The highest BCUT2D eigenvalue weighted by molar-refractivity contribution is 5.93. The first-order valence-electron chi connectivity index (χ1n) is 8.70. The van der Waals surface area contributed by atoms with Crippen LogP contribution < -0.4 is 5.73 Å². The van der Waals surface area contributed by atoms with Gasteiger partial charge in [-0.1, -0.05) is 18.9 Å². The molecule has 2 N–H and O–H groups in total. The molecule has 3 nitrogen and oxygen atoms in total. The van der Waals surface area contributed by atoms with Crippen molar-refractivity contribution in [2.24, 2.45) is 11.7 Å². The number of nitrogens with zero attached hydrogens (tertiary/aromatic N) is 1. The fourth-order valence-electron chi connectivity index (χ4n) is 5.73. The van der Waals surface area contributed by atoms with Crippen LogP contribution >= 0.6 is 0 Å². The number of likely N-dealkylation sites (N-methyl/N-ethyl adjacent to an activating group) is 1. The van der Waals surface area contributed by atoms with Crippen molar-refractivity contribution >= 4 is 5.91 Å². The highest BCUT2D eigenvalue weighted by atomic mass is 16.1. The summed E-state index contributed by atoms with van der Waals surface area (Å²) in [6.07, 6.45) is 7.77. The van der Waals surface area contributed by atoms with E-state index in [1.807, 2.05) is 6.07 Å². The van der Waals surface area contributed by atoms with Crippen molar-refractivity contribution in [1.29, 1.82) is 0 Å². The van der Waals surface area contributed by atoms with Crippen LogP contribution in [0.4, 0.5) is 0 Å². The monoisotopic (exact) mass is 299 g/mol. The number of carbonyl (C=O) groups excluding carboxylic acids is 1. The van der Waals surface area contributed by atoms with Gasteiger partial charge in [0.2, 0.25) is 5.91 Å². The maximum atomic E-state index is 11.6. The van der Waals surface area contributed by atoms with E-state index in [1.165, 1.54) is 49.8 Å². The third kappa shape index (κ3) is 1.81. The zero-order valence-corrected chi connectivity index (χ0v) is 13.8. The van der Waals surface area contributed by atoms with Gasteiger partial charge in [-0.2, -0.15) is 0 Å². The zero-order chi connectivity index (χ0) is 15.5. The van der Waals surface area contributed by atoms with E-state index in [9.17, 15) is 4.79 Å². The van der Waals surface area contributed by atoms with Gasteiger partial charge in [0.05, 0.1) is 26.7 Å². The summed E-state index contributed by atoms with van der Waals surface area (Å²) in [7, 11) is 4.82. The Kier molecular flexibility index (Phi) is 2.96. The summed E-state index contributed by atoms with van der Waals surface area (Å²) in [5.41, 5.74) is 9.48. The molecule has 118 valence electrons. The molecule has 0 radical (unpaired) electrons. The van der Waals surface area contributed by atoms with Crippen LogP contribution in [0, 0.1) is 5.92 Å². The molecule has 3 heteroatoms. The molecular formula is C19H27N2O+. The molecule has 1 saturated carbocycles. The minimum absolute atomic E-state index is 0.291. The molecule has 3 aliphatic rings. The van der Waals surface area contributed by atoms with Gasteiger partial charge in [0.25, 0.3) is 0 Å². The lowest BCUT2D eigenvalue weighted by molar-refractivity contribution is -0.927. The number of hydrogen-bond acceptors (Lipinski definition) is 1. The lowest BCUT2D eigenvalue weighted by Crippen LogP contribution is -2.66. The largest absolute Gasteiger partial charge is 0.366 e. The molecule has 2 fully saturated rings. The number of amides is 1. The van der Waals surface area contributed by atoms with Gasteiger partial charge in [-0.3, -0.25) is 4.79 Å². The summed E-state index contributed by atoms with van der Waals surface area (Å²) in [5, 5.41) is 0. The second-order valence-electron chi connectivity index (χ2n) is 8.27. The molecule has 1 amide bonds. The Morgan fingerprint density at radius 1 is 1.27 bits per heavy atom. The van der Waals surface area contributed by atoms with Gasteiger partial charge in [0, 0.05) is 29.7 Å². The van der Waals surface area contributed by atoms with Crippen molar-refractivity contribution in [3.05, 3.63) is 34.9 Å². The van der Waals surface area contributed by atoms with Crippen molar-refractivity contribution in [3.8, 4) is 0 Å². The fraction of sp³-hybridized carbons (Fsp3) is 0.632. The average molecular weight is 299 g/mol. The van der Waals surface area contributed by atoms with Crippen LogP contribution in [0.25, 0.3) is 0 Å². The molecule has 1 saturated heterocycles. The van der Waals surface area contributed by atoms with Crippen molar-refractivity contribution < 1.29 is 9.28 Å². The third-order valence-electron chi connectivity index (χ3n) is 6.95. The summed E-state index contributed by atoms with van der Waals surface area (Å²) in [6, 6.07) is 6.98. The second-order valence-corrected chi connectivity index (χ2v) is 8.27. The molecular weight excluding hydrogens is 272 g/mol. The van der Waals surface area contributed by atoms with Gasteiger partial charge in [-0.15, -0.1) is 0 Å². The molecule has 0 spiro atoms. The van der Waals surface area contributed by atoms with Gasteiger partial charge in [0.15, 0.2) is 0 Å². The van der Waals surface area contributed by atoms with Gasteiger partial charge in [0.1, 0.15) is 0 Å². The molecule has 2 bridgehead atoms.